The lowest BCUT2D eigenvalue weighted by molar-refractivity contribution is -0.341. The highest BCUT2D eigenvalue weighted by Crippen LogP contribution is 2.57. The fourth-order valence-corrected chi connectivity index (χ4v) is 6.70. The zero-order valence-corrected chi connectivity index (χ0v) is 22.2. The maximum absolute atomic E-state index is 12.7. The molecule has 2 saturated carbocycles. The molecule has 0 aromatic heterocycles. The van der Waals surface area contributed by atoms with Gasteiger partial charge in [-0.25, -0.2) is 4.79 Å². The second-order valence-electron chi connectivity index (χ2n) is 11.7. The Hall–Kier alpha value is -2.03. The molecule has 9 atom stereocenters. The normalized spacial score (nSPS) is 40.2. The standard InChI is InChI=1S/C30H42O7/c1-19(2)21-13-16-29(3)14-8-15-30(4,23(29)17-21)37-28-27(26(34)25(33)22(18-31)35-28)36-24(32)12-11-20-9-6-5-7-10-20/h5-7,9-12,21-23,25-28,31,33-34H,1,8,13-18H2,2-4H3/b12-11+/t21-,22-,23-,25-,26+,27-,28+,29-,30-/m1/s1. The van der Waals surface area contributed by atoms with Gasteiger partial charge in [-0.2, -0.15) is 0 Å². The average Bonchev–Trinajstić information content (AvgIpc) is 2.87. The molecule has 0 amide bonds. The van der Waals surface area contributed by atoms with Crippen LogP contribution in [0.25, 0.3) is 6.08 Å². The summed E-state index contributed by atoms with van der Waals surface area (Å²) in [5.74, 6) is -0.0437. The molecule has 3 fully saturated rings. The summed E-state index contributed by atoms with van der Waals surface area (Å²) in [7, 11) is 0. The van der Waals surface area contributed by atoms with Crippen LogP contribution in [0, 0.1) is 17.3 Å². The van der Waals surface area contributed by atoms with E-state index in [2.05, 4.69) is 27.4 Å². The van der Waals surface area contributed by atoms with Crippen LogP contribution in [0.1, 0.15) is 64.9 Å². The molecule has 1 heterocycles. The Kier molecular flexibility index (Phi) is 8.61. The molecule has 37 heavy (non-hydrogen) atoms. The summed E-state index contributed by atoms with van der Waals surface area (Å²) in [6.45, 7) is 10.2. The van der Waals surface area contributed by atoms with E-state index in [1.54, 1.807) is 6.08 Å². The van der Waals surface area contributed by atoms with Crippen LogP contribution >= 0.6 is 0 Å². The van der Waals surface area contributed by atoms with E-state index in [-0.39, 0.29) is 11.3 Å². The molecule has 0 radical (unpaired) electrons. The van der Waals surface area contributed by atoms with Crippen molar-refractivity contribution in [3.63, 3.8) is 0 Å². The summed E-state index contributed by atoms with van der Waals surface area (Å²) in [5.41, 5.74) is 1.51. The van der Waals surface area contributed by atoms with Gasteiger partial charge in [0.25, 0.3) is 0 Å². The number of benzene rings is 1. The van der Waals surface area contributed by atoms with Gasteiger partial charge in [0.1, 0.15) is 18.3 Å². The molecular formula is C30H42O7. The fraction of sp³-hybridized carbons (Fsp3) is 0.633. The van der Waals surface area contributed by atoms with Crippen LogP contribution in [0.3, 0.4) is 0 Å². The van der Waals surface area contributed by atoms with Crippen molar-refractivity contribution < 1.29 is 34.3 Å². The summed E-state index contributed by atoms with van der Waals surface area (Å²) in [6.07, 6.45) is 2.62. The summed E-state index contributed by atoms with van der Waals surface area (Å²) in [6, 6.07) is 9.32. The number of hydrogen-bond acceptors (Lipinski definition) is 7. The van der Waals surface area contributed by atoms with Gasteiger partial charge in [0.2, 0.25) is 0 Å². The molecule has 0 unspecified atom stereocenters. The Labute approximate surface area is 220 Å². The van der Waals surface area contributed by atoms with Gasteiger partial charge in [0.05, 0.1) is 12.2 Å². The largest absolute Gasteiger partial charge is 0.451 e. The zero-order valence-electron chi connectivity index (χ0n) is 22.2. The van der Waals surface area contributed by atoms with E-state index in [0.717, 1.165) is 44.1 Å². The Balaban J connectivity index is 1.56. The molecule has 4 rings (SSSR count). The molecule has 1 aromatic rings. The van der Waals surface area contributed by atoms with Crippen molar-refractivity contribution in [2.75, 3.05) is 6.61 Å². The molecule has 3 aliphatic rings. The van der Waals surface area contributed by atoms with Gasteiger partial charge in [-0.1, -0.05) is 55.8 Å². The highest BCUT2D eigenvalue weighted by atomic mass is 16.7. The summed E-state index contributed by atoms with van der Waals surface area (Å²) in [5, 5.41) is 31.2. The van der Waals surface area contributed by atoms with Crippen LogP contribution < -0.4 is 0 Å². The third kappa shape index (κ3) is 6.02. The number of hydrogen-bond donors (Lipinski definition) is 3. The number of aliphatic hydroxyl groups is 3. The van der Waals surface area contributed by atoms with E-state index in [9.17, 15) is 20.1 Å². The number of allylic oxidation sites excluding steroid dienone is 1. The SMILES string of the molecule is C=C(C)[C@@H]1CC[C@@]2(C)CCC[C@@](C)(O[C@@H]3O[C@H](CO)[C@@H](O)[C@H](O)[C@H]3OC(=O)/C=C/c3ccccc3)[C@@H]2C1. The molecule has 7 nitrogen and oxygen atoms in total. The molecule has 3 N–H and O–H groups in total. The quantitative estimate of drug-likeness (QED) is 0.287. The molecular weight excluding hydrogens is 472 g/mol. The topological polar surface area (TPSA) is 105 Å². The lowest BCUT2D eigenvalue weighted by Crippen LogP contribution is -2.63. The third-order valence-electron chi connectivity index (χ3n) is 8.95. The lowest BCUT2D eigenvalue weighted by atomic mass is 9.53. The van der Waals surface area contributed by atoms with Crippen molar-refractivity contribution in [1.29, 1.82) is 0 Å². The second-order valence-corrected chi connectivity index (χ2v) is 11.7. The number of carbonyl (C=O) groups excluding carboxylic acids is 1. The van der Waals surface area contributed by atoms with Crippen LogP contribution in [0.4, 0.5) is 0 Å². The van der Waals surface area contributed by atoms with Crippen LogP contribution in [-0.4, -0.2) is 64.2 Å². The minimum atomic E-state index is -1.47. The van der Waals surface area contributed by atoms with E-state index in [1.807, 2.05) is 30.3 Å². The van der Waals surface area contributed by atoms with Crippen molar-refractivity contribution >= 4 is 12.0 Å². The molecule has 0 bridgehead atoms. The minimum Gasteiger partial charge on any atom is -0.451 e. The number of ether oxygens (including phenoxy) is 3. The van der Waals surface area contributed by atoms with Gasteiger partial charge in [-0.15, -0.1) is 0 Å². The summed E-state index contributed by atoms with van der Waals surface area (Å²) >= 11 is 0. The monoisotopic (exact) mass is 514 g/mol. The molecule has 7 heteroatoms. The Morgan fingerprint density at radius 2 is 1.89 bits per heavy atom. The zero-order chi connectivity index (χ0) is 26.8. The molecule has 1 aliphatic heterocycles. The van der Waals surface area contributed by atoms with Gasteiger partial charge in [-0.05, 0) is 74.8 Å². The smallest absolute Gasteiger partial charge is 0.331 e. The van der Waals surface area contributed by atoms with Crippen molar-refractivity contribution in [1.82, 2.24) is 0 Å². The van der Waals surface area contributed by atoms with Crippen molar-refractivity contribution in [2.45, 2.75) is 95.6 Å². The first-order chi connectivity index (χ1) is 17.6. The van der Waals surface area contributed by atoms with Crippen LogP contribution in [0.5, 0.6) is 0 Å². The maximum atomic E-state index is 12.7. The number of aliphatic hydroxyl groups excluding tert-OH is 3. The fourth-order valence-electron chi connectivity index (χ4n) is 6.70. The number of rotatable bonds is 7. The van der Waals surface area contributed by atoms with E-state index in [1.165, 1.54) is 11.6 Å². The molecule has 2 aliphatic carbocycles. The predicted octanol–water partition coefficient (Wildman–Crippen LogP) is 4.01. The summed E-state index contributed by atoms with van der Waals surface area (Å²) < 4.78 is 18.2. The molecule has 204 valence electrons. The van der Waals surface area contributed by atoms with Crippen LogP contribution in [0.15, 0.2) is 48.6 Å². The Morgan fingerprint density at radius 1 is 1.16 bits per heavy atom. The van der Waals surface area contributed by atoms with Crippen LogP contribution in [0.2, 0.25) is 0 Å². The third-order valence-corrected chi connectivity index (χ3v) is 8.95. The number of esters is 1. The first kappa shape index (κ1) is 28.0. The molecule has 1 aromatic carbocycles. The van der Waals surface area contributed by atoms with Gasteiger partial charge in [0.15, 0.2) is 12.4 Å². The second kappa shape index (κ2) is 11.4. The number of fused-ring (bicyclic) bond motifs is 1. The van der Waals surface area contributed by atoms with E-state index >= 15 is 0 Å². The Morgan fingerprint density at radius 3 is 2.57 bits per heavy atom. The van der Waals surface area contributed by atoms with Crippen molar-refractivity contribution in [3.8, 4) is 0 Å². The number of carbonyl (C=O) groups is 1. The first-order valence-electron chi connectivity index (χ1n) is 13.5. The average molecular weight is 515 g/mol. The van der Waals surface area contributed by atoms with E-state index < -0.39 is 48.9 Å². The van der Waals surface area contributed by atoms with E-state index in [0.29, 0.717) is 5.92 Å². The van der Waals surface area contributed by atoms with Gasteiger partial charge >= 0.3 is 5.97 Å². The van der Waals surface area contributed by atoms with Gasteiger partial charge in [-0.3, -0.25) is 0 Å². The highest BCUT2D eigenvalue weighted by Gasteiger charge is 2.56. The first-order valence-corrected chi connectivity index (χ1v) is 13.5. The molecule has 0 spiro atoms. The molecule has 1 saturated heterocycles. The predicted molar refractivity (Wildman–Crippen MR) is 140 cm³/mol. The van der Waals surface area contributed by atoms with Crippen molar-refractivity contribution in [2.24, 2.45) is 17.3 Å². The van der Waals surface area contributed by atoms with Crippen molar-refractivity contribution in [3.05, 3.63) is 54.1 Å². The van der Waals surface area contributed by atoms with E-state index in [4.69, 9.17) is 14.2 Å². The summed E-state index contributed by atoms with van der Waals surface area (Å²) in [4.78, 5) is 12.7. The van der Waals surface area contributed by atoms with Gasteiger partial charge < -0.3 is 29.5 Å². The van der Waals surface area contributed by atoms with Gasteiger partial charge in [0, 0.05) is 6.08 Å². The Bertz CT molecular complexity index is 977. The minimum absolute atomic E-state index is 0.104. The maximum Gasteiger partial charge on any atom is 0.331 e. The lowest BCUT2D eigenvalue weighted by Gasteiger charge is -2.57. The highest BCUT2D eigenvalue weighted by molar-refractivity contribution is 5.87. The van der Waals surface area contributed by atoms with Crippen LogP contribution in [-0.2, 0) is 19.0 Å².